The van der Waals surface area contributed by atoms with Crippen molar-refractivity contribution in [2.45, 2.75) is 13.1 Å². The number of rotatable bonds is 5. The van der Waals surface area contributed by atoms with E-state index >= 15 is 0 Å². The third-order valence-electron chi connectivity index (χ3n) is 3.09. The number of hydrogen-bond donors (Lipinski definition) is 1. The molecule has 0 unspecified atom stereocenters. The first kappa shape index (κ1) is 14.7. The van der Waals surface area contributed by atoms with Crippen LogP contribution in [0.25, 0.3) is 11.5 Å². The van der Waals surface area contributed by atoms with Gasteiger partial charge in [-0.3, -0.25) is 0 Å². The Morgan fingerprint density at radius 3 is 2.55 bits per heavy atom. The van der Waals surface area contributed by atoms with Crippen LogP contribution in [0.1, 0.15) is 11.5 Å². The Balaban J connectivity index is 1.60. The number of halogens is 2. The Bertz CT molecular complexity index is 758. The molecule has 0 spiro atoms. The summed E-state index contributed by atoms with van der Waals surface area (Å²) >= 11 is 6.09. The lowest BCUT2D eigenvalue weighted by atomic mass is 10.2. The number of nitrogens with one attached hydrogen (secondary N) is 1. The van der Waals surface area contributed by atoms with Crippen LogP contribution >= 0.6 is 11.6 Å². The fourth-order valence-corrected chi connectivity index (χ4v) is 2.20. The highest BCUT2D eigenvalue weighted by Gasteiger charge is 2.11. The summed E-state index contributed by atoms with van der Waals surface area (Å²) in [6.07, 6.45) is 0. The van der Waals surface area contributed by atoms with E-state index in [-0.39, 0.29) is 5.82 Å². The number of aromatic nitrogens is 2. The van der Waals surface area contributed by atoms with E-state index in [4.69, 9.17) is 16.0 Å². The van der Waals surface area contributed by atoms with Crippen LogP contribution in [-0.4, -0.2) is 10.2 Å². The van der Waals surface area contributed by atoms with E-state index in [1.807, 2.05) is 18.2 Å². The zero-order valence-corrected chi connectivity index (χ0v) is 12.3. The Morgan fingerprint density at radius 1 is 1.00 bits per heavy atom. The van der Waals surface area contributed by atoms with E-state index in [1.54, 1.807) is 18.2 Å². The fourth-order valence-electron chi connectivity index (χ4n) is 1.98. The second-order valence-corrected chi connectivity index (χ2v) is 5.12. The minimum atomic E-state index is -0.245. The molecule has 3 aromatic rings. The Morgan fingerprint density at radius 2 is 1.77 bits per heavy atom. The molecule has 0 bridgehead atoms. The summed E-state index contributed by atoms with van der Waals surface area (Å²) in [7, 11) is 0. The van der Waals surface area contributed by atoms with Gasteiger partial charge in [0.15, 0.2) is 0 Å². The molecule has 22 heavy (non-hydrogen) atoms. The van der Waals surface area contributed by atoms with E-state index < -0.39 is 0 Å². The Hall–Kier alpha value is -2.24. The average Bonchev–Trinajstić information content (AvgIpc) is 2.98. The largest absolute Gasteiger partial charge is 0.419 e. The van der Waals surface area contributed by atoms with Gasteiger partial charge in [-0.15, -0.1) is 10.2 Å². The molecule has 0 fully saturated rings. The SMILES string of the molecule is Fc1ccc(CNCc2nnc(-c3ccccc3Cl)o2)cc1. The Kier molecular flexibility index (Phi) is 4.46. The average molecular weight is 318 g/mol. The van der Waals surface area contributed by atoms with E-state index in [9.17, 15) is 4.39 Å². The zero-order chi connectivity index (χ0) is 15.4. The van der Waals surface area contributed by atoms with Crippen molar-refractivity contribution in [3.63, 3.8) is 0 Å². The lowest BCUT2D eigenvalue weighted by molar-refractivity contribution is 0.477. The molecular formula is C16H13ClFN3O. The molecule has 0 aliphatic rings. The standard InChI is InChI=1S/C16H13ClFN3O/c17-14-4-2-1-3-13(14)16-21-20-15(22-16)10-19-9-11-5-7-12(18)8-6-11/h1-8,19H,9-10H2. The van der Waals surface area contributed by atoms with Crippen LogP contribution < -0.4 is 5.32 Å². The van der Waals surface area contributed by atoms with Crippen molar-refractivity contribution >= 4 is 11.6 Å². The van der Waals surface area contributed by atoms with Gasteiger partial charge in [0.2, 0.25) is 11.8 Å². The van der Waals surface area contributed by atoms with Crippen molar-refractivity contribution in [2.24, 2.45) is 0 Å². The van der Waals surface area contributed by atoms with Gasteiger partial charge in [0.25, 0.3) is 0 Å². The number of nitrogens with zero attached hydrogens (tertiary/aromatic N) is 2. The van der Waals surface area contributed by atoms with Crippen molar-refractivity contribution in [3.05, 3.63) is 70.8 Å². The molecule has 2 aromatic carbocycles. The topological polar surface area (TPSA) is 51.0 Å². The molecule has 1 heterocycles. The monoisotopic (exact) mass is 317 g/mol. The third kappa shape index (κ3) is 3.50. The van der Waals surface area contributed by atoms with Crippen molar-refractivity contribution in [1.82, 2.24) is 15.5 Å². The zero-order valence-electron chi connectivity index (χ0n) is 11.6. The van der Waals surface area contributed by atoms with Gasteiger partial charge in [0, 0.05) is 6.54 Å². The van der Waals surface area contributed by atoms with Crippen molar-refractivity contribution in [1.29, 1.82) is 0 Å². The highest BCUT2D eigenvalue weighted by Crippen LogP contribution is 2.26. The molecule has 0 aliphatic heterocycles. The van der Waals surface area contributed by atoms with Crippen molar-refractivity contribution in [3.8, 4) is 11.5 Å². The minimum absolute atomic E-state index is 0.245. The van der Waals surface area contributed by atoms with Crippen molar-refractivity contribution < 1.29 is 8.81 Å². The maximum Gasteiger partial charge on any atom is 0.249 e. The van der Waals surface area contributed by atoms with Crippen LogP contribution in [0.4, 0.5) is 4.39 Å². The first-order valence-electron chi connectivity index (χ1n) is 6.75. The number of benzene rings is 2. The van der Waals surface area contributed by atoms with Gasteiger partial charge in [-0.1, -0.05) is 35.9 Å². The molecule has 112 valence electrons. The first-order chi connectivity index (χ1) is 10.7. The maximum atomic E-state index is 12.8. The smallest absolute Gasteiger partial charge is 0.249 e. The third-order valence-corrected chi connectivity index (χ3v) is 3.42. The minimum Gasteiger partial charge on any atom is -0.419 e. The number of hydrogen-bond acceptors (Lipinski definition) is 4. The van der Waals surface area contributed by atoms with Gasteiger partial charge < -0.3 is 9.73 Å². The predicted octanol–water partition coefficient (Wildman–Crippen LogP) is 3.82. The normalized spacial score (nSPS) is 10.8. The molecular weight excluding hydrogens is 305 g/mol. The summed E-state index contributed by atoms with van der Waals surface area (Å²) in [6, 6.07) is 13.6. The first-order valence-corrected chi connectivity index (χ1v) is 7.12. The molecule has 0 radical (unpaired) electrons. The summed E-state index contributed by atoms with van der Waals surface area (Å²) in [6.45, 7) is 1.01. The summed E-state index contributed by atoms with van der Waals surface area (Å²) in [5.74, 6) is 0.617. The molecule has 0 atom stereocenters. The van der Waals surface area contributed by atoms with E-state index in [2.05, 4.69) is 15.5 Å². The van der Waals surface area contributed by atoms with Gasteiger partial charge in [0.05, 0.1) is 17.1 Å². The van der Waals surface area contributed by atoms with Crippen LogP contribution in [0, 0.1) is 5.82 Å². The molecule has 6 heteroatoms. The molecule has 1 aromatic heterocycles. The molecule has 1 N–H and O–H groups in total. The lowest BCUT2D eigenvalue weighted by Crippen LogP contribution is -2.12. The van der Waals surface area contributed by atoms with Crippen LogP contribution in [0.15, 0.2) is 52.9 Å². The van der Waals surface area contributed by atoms with Crippen LogP contribution in [0.5, 0.6) is 0 Å². The fraction of sp³-hybridized carbons (Fsp3) is 0.125. The van der Waals surface area contributed by atoms with Gasteiger partial charge in [-0.05, 0) is 29.8 Å². The van der Waals surface area contributed by atoms with E-state index in [0.717, 1.165) is 5.56 Å². The molecule has 4 nitrogen and oxygen atoms in total. The second kappa shape index (κ2) is 6.68. The van der Waals surface area contributed by atoms with Gasteiger partial charge in [-0.2, -0.15) is 0 Å². The summed E-state index contributed by atoms with van der Waals surface area (Å²) in [5, 5.41) is 11.7. The molecule has 0 saturated heterocycles. The molecule has 0 amide bonds. The van der Waals surface area contributed by atoms with Gasteiger partial charge in [0.1, 0.15) is 5.82 Å². The highest BCUT2D eigenvalue weighted by molar-refractivity contribution is 6.33. The summed E-state index contributed by atoms with van der Waals surface area (Å²) < 4.78 is 18.4. The lowest BCUT2D eigenvalue weighted by Gasteiger charge is -2.02. The van der Waals surface area contributed by atoms with Crippen LogP contribution in [0.3, 0.4) is 0 Å². The van der Waals surface area contributed by atoms with E-state index in [0.29, 0.717) is 35.5 Å². The summed E-state index contributed by atoms with van der Waals surface area (Å²) in [4.78, 5) is 0. The van der Waals surface area contributed by atoms with Crippen LogP contribution in [-0.2, 0) is 13.1 Å². The molecule has 0 aliphatic carbocycles. The van der Waals surface area contributed by atoms with Crippen molar-refractivity contribution in [2.75, 3.05) is 0 Å². The maximum absolute atomic E-state index is 12.8. The summed E-state index contributed by atoms with van der Waals surface area (Å²) in [5.41, 5.74) is 1.69. The van der Waals surface area contributed by atoms with Gasteiger partial charge in [-0.25, -0.2) is 4.39 Å². The molecule has 0 saturated carbocycles. The van der Waals surface area contributed by atoms with Gasteiger partial charge >= 0.3 is 0 Å². The highest BCUT2D eigenvalue weighted by atomic mass is 35.5. The second-order valence-electron chi connectivity index (χ2n) is 4.71. The molecule has 3 rings (SSSR count). The Labute approximate surface area is 131 Å². The predicted molar refractivity (Wildman–Crippen MR) is 81.7 cm³/mol. The van der Waals surface area contributed by atoms with E-state index in [1.165, 1.54) is 12.1 Å². The van der Waals surface area contributed by atoms with Crippen LogP contribution in [0.2, 0.25) is 5.02 Å². The quantitative estimate of drug-likeness (QED) is 0.777.